The van der Waals surface area contributed by atoms with Gasteiger partial charge in [-0.2, -0.15) is 0 Å². The summed E-state index contributed by atoms with van der Waals surface area (Å²) in [6.45, 7) is 7.83. The van der Waals surface area contributed by atoms with E-state index in [4.69, 9.17) is 11.6 Å². The highest BCUT2D eigenvalue weighted by Crippen LogP contribution is 2.21. The zero-order valence-corrected chi connectivity index (χ0v) is 19.4. The van der Waals surface area contributed by atoms with Crippen LogP contribution in [0.25, 0.3) is 0 Å². The van der Waals surface area contributed by atoms with E-state index in [-0.39, 0.29) is 23.6 Å². The van der Waals surface area contributed by atoms with Crippen LogP contribution in [-0.4, -0.2) is 60.9 Å². The second-order valence-corrected chi connectivity index (χ2v) is 8.20. The first kappa shape index (κ1) is 25.6. The summed E-state index contributed by atoms with van der Waals surface area (Å²) in [7, 11) is 0. The Morgan fingerprint density at radius 1 is 1.09 bits per heavy atom. The molecule has 1 aromatic carbocycles. The lowest BCUT2D eigenvalue weighted by molar-refractivity contribution is -0.124. The lowest BCUT2D eigenvalue weighted by Gasteiger charge is -2.21. The quantitative estimate of drug-likeness (QED) is 0.263. The maximum Gasteiger partial charge on any atom is 0.322 e. The normalized spacial score (nSPS) is 15.4. The van der Waals surface area contributed by atoms with E-state index in [1.807, 2.05) is 0 Å². The third-order valence-electron chi connectivity index (χ3n) is 5.05. The average Bonchev–Trinajstić information content (AvgIpc) is 3.06. The third kappa shape index (κ3) is 8.12. The number of benzene rings is 1. The Morgan fingerprint density at radius 3 is 2.50 bits per heavy atom. The van der Waals surface area contributed by atoms with Crippen LogP contribution < -0.4 is 21.3 Å². The molecule has 0 spiro atoms. The van der Waals surface area contributed by atoms with Crippen molar-refractivity contribution in [3.8, 4) is 0 Å². The summed E-state index contributed by atoms with van der Waals surface area (Å²) in [6, 6.07) is 3.02. The number of carbonyl (C=O) groups is 4. The van der Waals surface area contributed by atoms with Gasteiger partial charge in [0.25, 0.3) is 11.8 Å². The van der Waals surface area contributed by atoms with Crippen LogP contribution in [0.2, 0.25) is 5.02 Å². The van der Waals surface area contributed by atoms with E-state index in [0.29, 0.717) is 11.6 Å². The largest absolute Gasteiger partial charge is 0.352 e. The van der Waals surface area contributed by atoms with Gasteiger partial charge in [-0.25, -0.2) is 4.79 Å². The maximum atomic E-state index is 12.7. The van der Waals surface area contributed by atoms with Gasteiger partial charge in [-0.05, 0) is 57.1 Å². The number of imide groups is 1. The molecule has 1 aliphatic heterocycles. The molecule has 0 saturated carbocycles. The number of rotatable bonds is 13. The summed E-state index contributed by atoms with van der Waals surface area (Å²) in [5, 5.41) is 10.3. The summed E-state index contributed by atoms with van der Waals surface area (Å²) in [5.74, 6) is -1.41. The minimum absolute atomic E-state index is 0.238. The van der Waals surface area contributed by atoms with E-state index in [9.17, 15) is 19.2 Å². The van der Waals surface area contributed by atoms with Crippen LogP contribution in [0.15, 0.2) is 18.2 Å². The predicted octanol–water partition coefficient (Wildman–Crippen LogP) is 2.51. The summed E-state index contributed by atoms with van der Waals surface area (Å²) in [6.07, 6.45) is 3.97. The van der Waals surface area contributed by atoms with Gasteiger partial charge >= 0.3 is 6.03 Å². The highest BCUT2D eigenvalue weighted by Gasteiger charge is 2.31. The summed E-state index contributed by atoms with van der Waals surface area (Å²) in [5.41, 5.74) is 0.527. The van der Waals surface area contributed by atoms with Crippen molar-refractivity contribution in [2.24, 2.45) is 0 Å². The molecule has 0 radical (unpaired) electrons. The highest BCUT2D eigenvalue weighted by atomic mass is 35.5. The molecule has 2 rings (SSSR count). The highest BCUT2D eigenvalue weighted by molar-refractivity contribution is 6.31. The first-order valence-corrected chi connectivity index (χ1v) is 11.4. The van der Waals surface area contributed by atoms with Crippen LogP contribution in [0, 0.1) is 0 Å². The fourth-order valence-corrected chi connectivity index (χ4v) is 3.61. The number of unbranched alkanes of at least 4 members (excludes halogenated alkanes) is 1. The number of hydrogen-bond donors (Lipinski definition) is 4. The van der Waals surface area contributed by atoms with Crippen molar-refractivity contribution in [2.45, 2.75) is 52.0 Å². The van der Waals surface area contributed by atoms with Crippen molar-refractivity contribution in [1.29, 1.82) is 0 Å². The third-order valence-corrected chi connectivity index (χ3v) is 5.29. The van der Waals surface area contributed by atoms with Crippen molar-refractivity contribution in [3.63, 3.8) is 0 Å². The van der Waals surface area contributed by atoms with Crippen LogP contribution in [0.5, 0.6) is 0 Å². The van der Waals surface area contributed by atoms with E-state index in [2.05, 4.69) is 40.0 Å². The molecule has 0 bridgehead atoms. The Morgan fingerprint density at radius 2 is 1.84 bits per heavy atom. The molecule has 9 nitrogen and oxygen atoms in total. The lowest BCUT2D eigenvalue weighted by Crippen LogP contribution is -2.34. The van der Waals surface area contributed by atoms with Crippen LogP contribution in [0.4, 0.5) is 10.5 Å². The van der Waals surface area contributed by atoms with Gasteiger partial charge in [0, 0.05) is 11.6 Å². The number of nitrogens with zero attached hydrogens (tertiary/aromatic N) is 1. The van der Waals surface area contributed by atoms with Crippen molar-refractivity contribution in [3.05, 3.63) is 28.8 Å². The molecule has 1 atom stereocenters. The number of carbonyl (C=O) groups excluding carboxylic acids is 4. The van der Waals surface area contributed by atoms with Crippen molar-refractivity contribution >= 4 is 41.0 Å². The molecule has 1 heterocycles. The standard InChI is InChI=1S/C22H32ClN5O4/c1-3-5-11-28(10-4-2)12-6-9-24-20(30)16-13-15(23)7-8-17(16)25-19(29)14-18-21(31)27-22(32)26-18/h7-8,13,18H,3-6,9-12,14H2,1-2H3,(H,24,30)(H,25,29)(H2,26,27,31,32). The van der Waals surface area contributed by atoms with Gasteiger partial charge in [0.2, 0.25) is 5.91 Å². The van der Waals surface area contributed by atoms with Gasteiger partial charge in [-0.15, -0.1) is 0 Å². The summed E-state index contributed by atoms with van der Waals surface area (Å²) < 4.78 is 0. The molecule has 32 heavy (non-hydrogen) atoms. The second kappa shape index (κ2) is 13.0. The Bertz CT molecular complexity index is 833. The first-order chi connectivity index (χ1) is 15.3. The zero-order chi connectivity index (χ0) is 23.5. The molecule has 1 unspecified atom stereocenters. The van der Waals surface area contributed by atoms with E-state index in [1.54, 1.807) is 6.07 Å². The molecule has 1 fully saturated rings. The van der Waals surface area contributed by atoms with Crippen molar-refractivity contribution in [2.75, 3.05) is 31.5 Å². The Hall–Kier alpha value is -2.65. The molecular formula is C22H32ClN5O4. The Kier molecular flexibility index (Phi) is 10.4. The minimum atomic E-state index is -0.939. The fourth-order valence-electron chi connectivity index (χ4n) is 3.44. The number of amides is 5. The van der Waals surface area contributed by atoms with Gasteiger partial charge in [0.1, 0.15) is 6.04 Å². The molecule has 176 valence electrons. The lowest BCUT2D eigenvalue weighted by atomic mass is 10.1. The second-order valence-electron chi connectivity index (χ2n) is 7.76. The zero-order valence-electron chi connectivity index (χ0n) is 18.6. The van der Waals surface area contributed by atoms with Gasteiger partial charge in [0.15, 0.2) is 0 Å². The van der Waals surface area contributed by atoms with E-state index in [0.717, 1.165) is 45.3 Å². The monoisotopic (exact) mass is 465 g/mol. The summed E-state index contributed by atoms with van der Waals surface area (Å²) >= 11 is 6.06. The van der Waals surface area contributed by atoms with Gasteiger partial charge in [-0.1, -0.05) is 31.9 Å². The summed E-state index contributed by atoms with van der Waals surface area (Å²) in [4.78, 5) is 50.3. The van der Waals surface area contributed by atoms with Gasteiger partial charge < -0.3 is 20.9 Å². The fraction of sp³-hybridized carbons (Fsp3) is 0.545. The van der Waals surface area contributed by atoms with E-state index in [1.165, 1.54) is 12.1 Å². The number of hydrogen-bond acceptors (Lipinski definition) is 5. The number of halogens is 1. The molecular weight excluding hydrogens is 434 g/mol. The van der Waals surface area contributed by atoms with E-state index >= 15 is 0 Å². The molecule has 0 aliphatic carbocycles. The molecule has 4 N–H and O–H groups in total. The van der Waals surface area contributed by atoms with Crippen LogP contribution in [0.1, 0.15) is 56.3 Å². The number of anilines is 1. The van der Waals surface area contributed by atoms with Crippen molar-refractivity contribution < 1.29 is 19.2 Å². The Labute approximate surface area is 193 Å². The smallest absolute Gasteiger partial charge is 0.322 e. The molecule has 1 aromatic rings. The maximum absolute atomic E-state index is 12.7. The predicted molar refractivity (Wildman–Crippen MR) is 124 cm³/mol. The SMILES string of the molecule is CCCCN(CCC)CCCNC(=O)c1cc(Cl)ccc1NC(=O)CC1NC(=O)NC1=O. The number of urea groups is 1. The van der Waals surface area contributed by atoms with Gasteiger partial charge in [-0.3, -0.25) is 19.7 Å². The number of nitrogens with one attached hydrogen (secondary N) is 4. The van der Waals surface area contributed by atoms with Crippen molar-refractivity contribution in [1.82, 2.24) is 20.9 Å². The first-order valence-electron chi connectivity index (χ1n) is 11.0. The molecule has 1 aliphatic rings. The van der Waals surface area contributed by atoms with Crippen LogP contribution in [-0.2, 0) is 9.59 Å². The molecule has 10 heteroatoms. The molecule has 5 amide bonds. The van der Waals surface area contributed by atoms with Crippen LogP contribution >= 0.6 is 11.6 Å². The Balaban J connectivity index is 1.90. The minimum Gasteiger partial charge on any atom is -0.352 e. The van der Waals surface area contributed by atoms with Crippen LogP contribution in [0.3, 0.4) is 0 Å². The van der Waals surface area contributed by atoms with Gasteiger partial charge in [0.05, 0.1) is 17.7 Å². The topological polar surface area (TPSA) is 120 Å². The van der Waals surface area contributed by atoms with E-state index < -0.39 is 23.9 Å². The molecule has 0 aromatic heterocycles. The molecule has 1 saturated heterocycles. The average molecular weight is 466 g/mol.